The monoisotopic (exact) mass is 882 g/mol. The van der Waals surface area contributed by atoms with Gasteiger partial charge in [0.05, 0.1) is 34.3 Å². The minimum absolute atomic E-state index is 0. The molecule has 0 saturated heterocycles. The number of nitrogens with zero attached hydrogens (tertiary/aromatic N) is 10. The van der Waals surface area contributed by atoms with Crippen molar-refractivity contribution in [1.29, 1.82) is 0 Å². The fourth-order valence-electron chi connectivity index (χ4n) is 6.32. The van der Waals surface area contributed by atoms with Gasteiger partial charge in [0.15, 0.2) is 0 Å². The Bertz CT molecular complexity index is 2370. The van der Waals surface area contributed by atoms with Crippen molar-refractivity contribution in [2.45, 2.75) is 41.5 Å². The van der Waals surface area contributed by atoms with Crippen LogP contribution in [0.5, 0.6) is 0 Å². The van der Waals surface area contributed by atoms with Gasteiger partial charge in [-0.3, -0.25) is 19.9 Å². The topological polar surface area (TPSA) is 181 Å². The van der Waals surface area contributed by atoms with Crippen molar-refractivity contribution < 1.29 is 45.6 Å². The van der Waals surface area contributed by atoms with Crippen molar-refractivity contribution in [3.63, 3.8) is 0 Å². The van der Waals surface area contributed by atoms with Crippen LogP contribution in [-0.2, 0) is 45.6 Å². The van der Waals surface area contributed by atoms with Crippen LogP contribution < -0.4 is 10.9 Å². The molecule has 0 spiro atoms. The average Bonchev–Trinajstić information content (AvgIpc) is 3.33. The van der Waals surface area contributed by atoms with Crippen LogP contribution in [0.15, 0.2) is 165 Å². The quantitative estimate of drug-likeness (QED) is 0.154. The van der Waals surface area contributed by atoms with Gasteiger partial charge in [0.1, 0.15) is 0 Å². The van der Waals surface area contributed by atoms with E-state index in [1.54, 1.807) is 91.1 Å². The minimum atomic E-state index is -3.21. The van der Waals surface area contributed by atoms with Crippen LogP contribution in [0.25, 0.3) is 44.5 Å². The van der Waals surface area contributed by atoms with Gasteiger partial charge < -0.3 is 28.5 Å². The van der Waals surface area contributed by atoms with Crippen LogP contribution in [0.2, 0.25) is 0 Å². The average molecular weight is 882 g/mol. The van der Waals surface area contributed by atoms with Gasteiger partial charge in [-0.1, -0.05) is 35.2 Å². The Balaban J connectivity index is 0.00000595. The molecule has 2 aromatic carbocycles. The van der Waals surface area contributed by atoms with E-state index in [9.17, 15) is 0 Å². The summed E-state index contributed by atoms with van der Waals surface area (Å²) in [5.41, 5.74) is 9.18. The summed E-state index contributed by atoms with van der Waals surface area (Å²) in [5.74, 6) is 0. The van der Waals surface area contributed by atoms with E-state index in [0.29, 0.717) is 10.9 Å². The maximum Gasteiger partial charge on any atom is 2.00 e. The fraction of sp³-hybridized carbons (Fsp3) is 0.136. The smallest absolute Gasteiger partial charge is 0.536 e. The summed E-state index contributed by atoms with van der Waals surface area (Å²) >= 11 is 0. The predicted octanol–water partition coefficient (Wildman–Crippen LogP) is 7.31. The Morgan fingerprint density at radius 1 is 0.286 bits per heavy atom. The number of hydrogen-bond acceptors (Lipinski definition) is 16. The first-order valence-electron chi connectivity index (χ1n) is 19.7. The van der Waals surface area contributed by atoms with E-state index in [1.807, 2.05) is 84.9 Å². The first kappa shape index (κ1) is 43.6. The number of rotatable bonds is 6. The number of pyridine rings is 4. The largest absolute Gasteiger partial charge is 2.00 e. The van der Waals surface area contributed by atoms with Gasteiger partial charge in [-0.15, -0.1) is 30.9 Å². The van der Waals surface area contributed by atoms with E-state index in [0.717, 1.165) is 44.5 Å². The van der Waals surface area contributed by atoms with E-state index in [2.05, 4.69) is 50.9 Å². The number of oxime groups is 6. The molecular weight excluding hydrogens is 842 g/mol. The van der Waals surface area contributed by atoms with Gasteiger partial charge in [-0.25, -0.2) is 0 Å². The molecule has 0 radical (unpaired) electrons. The summed E-state index contributed by atoms with van der Waals surface area (Å²) < 4.78 is 38.4. The van der Waals surface area contributed by atoms with Crippen molar-refractivity contribution >= 4 is 58.7 Å². The second kappa shape index (κ2) is 19.1. The normalized spacial score (nSPS) is 24.0. The molecule has 3 aliphatic rings. The van der Waals surface area contributed by atoms with Crippen LogP contribution in [0.4, 0.5) is 0 Å². The molecule has 0 atom stereocenters. The van der Waals surface area contributed by atoms with Gasteiger partial charge >= 0.3 is 30.6 Å². The zero-order chi connectivity index (χ0) is 43.1. The first-order chi connectivity index (χ1) is 30.1. The number of fused-ring (bicyclic) bond motifs is 9. The van der Waals surface area contributed by atoms with Crippen molar-refractivity contribution in [1.82, 2.24) is 19.9 Å². The Morgan fingerprint density at radius 3 is 0.667 bits per heavy atom. The second-order valence-corrected chi connectivity index (χ2v) is 14.6. The molecule has 0 fully saturated rings. The molecule has 7 heterocycles. The van der Waals surface area contributed by atoms with E-state index >= 15 is 0 Å². The number of hydrogen-bond donors (Lipinski definition) is 0. The summed E-state index contributed by atoms with van der Waals surface area (Å²) in [6.07, 6.45) is 13.7. The van der Waals surface area contributed by atoms with Crippen LogP contribution in [0.3, 0.4) is 0 Å². The molecule has 2 bridgehead atoms. The number of aromatic nitrogens is 4. The van der Waals surface area contributed by atoms with E-state index in [1.165, 1.54) is 0 Å². The summed E-state index contributed by atoms with van der Waals surface area (Å²) in [5, 5.41) is 27.1. The Hall–Kier alpha value is -7.49. The molecule has 9 rings (SSSR count). The van der Waals surface area contributed by atoms with Crippen molar-refractivity contribution in [2.24, 2.45) is 30.9 Å². The molecule has 6 aromatic rings. The van der Waals surface area contributed by atoms with Gasteiger partial charge in [0.25, 0.3) is 0 Å². The fourth-order valence-corrected chi connectivity index (χ4v) is 6.32. The minimum Gasteiger partial charge on any atom is -0.536 e. The first-order valence-corrected chi connectivity index (χ1v) is 19.7. The van der Waals surface area contributed by atoms with Crippen molar-refractivity contribution in [2.75, 3.05) is 0 Å². The molecule has 3 aliphatic heterocycles. The maximum atomic E-state index is 6.41. The molecular formula is C44H40B2FeN10O6. The summed E-state index contributed by atoms with van der Waals surface area (Å²) in [4.78, 5) is 16.9. The standard InChI is InChI=1S/C44H40B2N10O6.Fe/c1-29-30(2)52-58-46(44-27-41(37-11-19-49-20-12-37)24-42(28-44)38-13-21-50-22-14-38)61-55-33(5)31(3)53-59-45(57-51-29,60-54-32(4)34(6)56-62-46)43-25-39(35-7-15-47-16-8-35)23-40(26-43)36-9-17-48-18-10-36;/h7-28H,1-6H3;/q-2;+2/b51-29+,52-30+,53-31+,54-32+,55-33+,56-34+;. The molecule has 0 saturated carbocycles. The van der Waals surface area contributed by atoms with Gasteiger partial charge in [0.2, 0.25) is 0 Å². The molecule has 0 amide bonds. The van der Waals surface area contributed by atoms with Gasteiger partial charge in [0, 0.05) is 49.6 Å². The van der Waals surface area contributed by atoms with Crippen LogP contribution in [-0.4, -0.2) is 67.7 Å². The molecule has 4 aromatic heterocycles. The maximum absolute atomic E-state index is 6.41. The van der Waals surface area contributed by atoms with Crippen LogP contribution in [0, 0.1) is 0 Å². The number of benzene rings is 2. The molecule has 0 unspecified atom stereocenters. The SMILES string of the molecule is CC1=N\O[B-]2(c3cc(-c4ccncc4)cc(-c4ccncc4)c3)O/N=C(C)/C(C)=N/O[B-](c3cc(-c4ccncc4)cc(-c4ccncc4)c3)(O\N=C\1C)O/N=C(C)/C(C)=N/O2.[Fe+2]. The van der Waals surface area contributed by atoms with Crippen molar-refractivity contribution in [3.8, 4) is 44.5 Å². The van der Waals surface area contributed by atoms with E-state index in [-0.39, 0.29) is 51.3 Å². The van der Waals surface area contributed by atoms with Gasteiger partial charge in [-0.2, -0.15) is 0 Å². The Morgan fingerprint density at radius 2 is 0.476 bits per heavy atom. The van der Waals surface area contributed by atoms with E-state index < -0.39 is 13.5 Å². The van der Waals surface area contributed by atoms with Crippen LogP contribution in [0.1, 0.15) is 41.5 Å². The second-order valence-electron chi connectivity index (χ2n) is 14.6. The van der Waals surface area contributed by atoms with E-state index in [4.69, 9.17) is 28.5 Å². The molecule has 19 heteroatoms. The zero-order valence-corrected chi connectivity index (χ0v) is 36.2. The summed E-state index contributed by atoms with van der Waals surface area (Å²) in [6.45, 7) is 3.70. The molecule has 0 N–H and O–H groups in total. The van der Waals surface area contributed by atoms with Gasteiger partial charge in [-0.05, 0) is 147 Å². The molecule has 0 aliphatic carbocycles. The third-order valence-electron chi connectivity index (χ3n) is 10.3. The summed E-state index contributed by atoms with van der Waals surface area (Å²) in [6, 6.07) is 26.7. The molecule has 16 nitrogen and oxygen atoms in total. The summed E-state index contributed by atoms with van der Waals surface area (Å²) in [7, 11) is 0. The Kier molecular flexibility index (Phi) is 13.2. The molecule has 63 heavy (non-hydrogen) atoms. The molecule has 316 valence electrons. The van der Waals surface area contributed by atoms with Crippen LogP contribution >= 0.6 is 0 Å². The van der Waals surface area contributed by atoms with Crippen molar-refractivity contribution in [3.05, 3.63) is 135 Å². The predicted molar refractivity (Wildman–Crippen MR) is 242 cm³/mol. The Labute approximate surface area is 374 Å². The zero-order valence-electron chi connectivity index (χ0n) is 35.1. The third-order valence-corrected chi connectivity index (χ3v) is 10.3. The third kappa shape index (κ3) is 9.69.